The van der Waals surface area contributed by atoms with Gasteiger partial charge in [0, 0.05) is 41.7 Å². The van der Waals surface area contributed by atoms with E-state index in [0.717, 1.165) is 0 Å². The Balaban J connectivity index is 1.86. The average Bonchev–Trinajstić information content (AvgIpc) is 2.72. The van der Waals surface area contributed by atoms with Gasteiger partial charge in [0.15, 0.2) is 0 Å². The molecular formula is C23H30N4O4. The molecular weight excluding hydrogens is 396 g/mol. The van der Waals surface area contributed by atoms with Crippen LogP contribution in [-0.4, -0.2) is 50.1 Å². The van der Waals surface area contributed by atoms with Gasteiger partial charge in [0.25, 0.3) is 11.8 Å². The van der Waals surface area contributed by atoms with E-state index in [2.05, 4.69) is 21.3 Å². The molecule has 4 N–H and O–H groups in total. The molecule has 0 radical (unpaired) electrons. The number of hydrogen-bond acceptors (Lipinski definition) is 5. The van der Waals surface area contributed by atoms with E-state index in [1.54, 1.807) is 55.6 Å². The van der Waals surface area contributed by atoms with Gasteiger partial charge in [-0.2, -0.15) is 0 Å². The molecule has 0 aromatic heterocycles. The number of carbonyl (C=O) groups excluding carboxylic acids is 3. The van der Waals surface area contributed by atoms with Gasteiger partial charge in [-0.05, 0) is 63.2 Å². The maximum absolute atomic E-state index is 12.3. The molecule has 3 amide bonds. The second-order valence-electron chi connectivity index (χ2n) is 8.01. The number of benzene rings is 2. The minimum atomic E-state index is -0.333. The Morgan fingerprint density at radius 3 is 2.26 bits per heavy atom. The lowest BCUT2D eigenvalue weighted by Gasteiger charge is -2.20. The zero-order chi connectivity index (χ0) is 22.9. The Morgan fingerprint density at radius 1 is 0.903 bits per heavy atom. The first kappa shape index (κ1) is 23.9. The second kappa shape index (κ2) is 11.1. The Morgan fingerprint density at radius 2 is 1.61 bits per heavy atom. The third-order valence-corrected chi connectivity index (χ3v) is 4.09. The Bertz CT molecular complexity index is 905. The highest BCUT2D eigenvalue weighted by Gasteiger charge is 2.15. The highest BCUT2D eigenvalue weighted by Crippen LogP contribution is 2.13. The smallest absolute Gasteiger partial charge is 0.251 e. The van der Waals surface area contributed by atoms with Gasteiger partial charge >= 0.3 is 0 Å². The topological polar surface area (TPSA) is 109 Å². The Labute approximate surface area is 182 Å². The maximum Gasteiger partial charge on any atom is 0.251 e. The van der Waals surface area contributed by atoms with Gasteiger partial charge in [0.2, 0.25) is 5.91 Å². The van der Waals surface area contributed by atoms with Crippen LogP contribution >= 0.6 is 0 Å². The lowest BCUT2D eigenvalue weighted by atomic mass is 10.1. The third-order valence-electron chi connectivity index (χ3n) is 4.09. The van der Waals surface area contributed by atoms with Crippen molar-refractivity contribution in [3.05, 3.63) is 59.7 Å². The van der Waals surface area contributed by atoms with Gasteiger partial charge in [-0.15, -0.1) is 0 Å². The average molecular weight is 427 g/mol. The zero-order valence-electron chi connectivity index (χ0n) is 18.4. The molecule has 0 saturated carbocycles. The summed E-state index contributed by atoms with van der Waals surface area (Å²) in [6.45, 7) is 6.65. The van der Waals surface area contributed by atoms with Crippen molar-refractivity contribution < 1.29 is 19.1 Å². The summed E-state index contributed by atoms with van der Waals surface area (Å²) < 4.78 is 4.90. The molecule has 31 heavy (non-hydrogen) atoms. The van der Waals surface area contributed by atoms with Crippen LogP contribution < -0.4 is 21.3 Å². The first-order valence-corrected chi connectivity index (χ1v) is 10.0. The summed E-state index contributed by atoms with van der Waals surface area (Å²) in [6.07, 6.45) is 0. The van der Waals surface area contributed by atoms with E-state index in [9.17, 15) is 14.4 Å². The summed E-state index contributed by atoms with van der Waals surface area (Å²) in [5.74, 6) is -0.624. The van der Waals surface area contributed by atoms with E-state index >= 15 is 0 Å². The van der Waals surface area contributed by atoms with Crippen LogP contribution in [0, 0.1) is 0 Å². The lowest BCUT2D eigenvalue weighted by Crippen LogP contribution is -2.40. The SMILES string of the molecule is COCCNC(=O)c1ccc(NC(=O)CNc2cccc(C(=O)NC(C)(C)C)c2)cc1. The van der Waals surface area contributed by atoms with Crippen molar-refractivity contribution in [2.45, 2.75) is 26.3 Å². The van der Waals surface area contributed by atoms with E-state index in [4.69, 9.17) is 4.74 Å². The summed E-state index contributed by atoms with van der Waals surface area (Å²) in [5, 5.41) is 11.4. The molecule has 8 heteroatoms. The first-order chi connectivity index (χ1) is 14.7. The number of hydrogen-bond donors (Lipinski definition) is 4. The molecule has 0 atom stereocenters. The van der Waals surface area contributed by atoms with Crippen LogP contribution in [0.2, 0.25) is 0 Å². The van der Waals surface area contributed by atoms with E-state index in [1.165, 1.54) is 0 Å². The number of nitrogens with one attached hydrogen (secondary N) is 4. The molecule has 0 heterocycles. The van der Waals surface area contributed by atoms with Gasteiger partial charge < -0.3 is 26.0 Å². The zero-order valence-corrected chi connectivity index (χ0v) is 18.4. The van der Waals surface area contributed by atoms with Gasteiger partial charge in [-0.3, -0.25) is 14.4 Å². The van der Waals surface area contributed by atoms with E-state index < -0.39 is 0 Å². The molecule has 166 valence electrons. The summed E-state index contributed by atoms with van der Waals surface area (Å²) in [7, 11) is 1.57. The van der Waals surface area contributed by atoms with Gasteiger partial charge in [-0.25, -0.2) is 0 Å². The molecule has 0 aliphatic carbocycles. The van der Waals surface area contributed by atoms with E-state index in [0.29, 0.717) is 35.7 Å². The minimum absolute atomic E-state index is 0.0313. The summed E-state index contributed by atoms with van der Waals surface area (Å²) in [6, 6.07) is 13.6. The second-order valence-corrected chi connectivity index (χ2v) is 8.01. The molecule has 2 aromatic rings. The monoisotopic (exact) mass is 426 g/mol. The number of amides is 3. The molecule has 0 fully saturated rings. The highest BCUT2D eigenvalue weighted by molar-refractivity contribution is 5.97. The highest BCUT2D eigenvalue weighted by atomic mass is 16.5. The van der Waals surface area contributed by atoms with Crippen molar-refractivity contribution in [2.75, 3.05) is 37.4 Å². The quantitative estimate of drug-likeness (QED) is 0.461. The van der Waals surface area contributed by atoms with Gasteiger partial charge in [0.1, 0.15) is 0 Å². The fraction of sp³-hybridized carbons (Fsp3) is 0.348. The van der Waals surface area contributed by atoms with Crippen LogP contribution in [0.3, 0.4) is 0 Å². The van der Waals surface area contributed by atoms with Crippen LogP contribution in [0.15, 0.2) is 48.5 Å². The van der Waals surface area contributed by atoms with Crippen LogP contribution in [-0.2, 0) is 9.53 Å². The summed E-state index contributed by atoms with van der Waals surface area (Å²) in [5.41, 5.74) is 1.93. The molecule has 0 bridgehead atoms. The number of carbonyl (C=O) groups is 3. The Hall–Kier alpha value is -3.39. The number of ether oxygens (including phenoxy) is 1. The van der Waals surface area contributed by atoms with Gasteiger partial charge in [-0.1, -0.05) is 6.07 Å². The predicted octanol–water partition coefficient (Wildman–Crippen LogP) is 2.64. The van der Waals surface area contributed by atoms with Gasteiger partial charge in [0.05, 0.1) is 13.2 Å². The molecule has 0 aliphatic rings. The first-order valence-electron chi connectivity index (χ1n) is 10.0. The fourth-order valence-electron chi connectivity index (χ4n) is 2.64. The molecule has 8 nitrogen and oxygen atoms in total. The van der Waals surface area contributed by atoms with Crippen molar-refractivity contribution in [1.82, 2.24) is 10.6 Å². The van der Waals surface area contributed by atoms with Crippen molar-refractivity contribution >= 4 is 29.1 Å². The molecule has 0 spiro atoms. The van der Waals surface area contributed by atoms with Crippen LogP contribution in [0.25, 0.3) is 0 Å². The number of anilines is 2. The van der Waals surface area contributed by atoms with Crippen molar-refractivity contribution in [3.63, 3.8) is 0 Å². The predicted molar refractivity (Wildman–Crippen MR) is 121 cm³/mol. The molecule has 2 rings (SSSR count). The normalized spacial score (nSPS) is 10.8. The summed E-state index contributed by atoms with van der Waals surface area (Å²) in [4.78, 5) is 36.5. The van der Waals surface area contributed by atoms with Crippen molar-refractivity contribution in [1.29, 1.82) is 0 Å². The molecule has 0 aliphatic heterocycles. The van der Waals surface area contributed by atoms with Crippen molar-refractivity contribution in [2.24, 2.45) is 0 Å². The van der Waals surface area contributed by atoms with E-state index in [1.807, 2.05) is 20.8 Å². The molecule has 2 aromatic carbocycles. The van der Waals surface area contributed by atoms with E-state index in [-0.39, 0.29) is 29.8 Å². The number of rotatable bonds is 9. The Kier molecular flexibility index (Phi) is 8.57. The summed E-state index contributed by atoms with van der Waals surface area (Å²) >= 11 is 0. The van der Waals surface area contributed by atoms with Crippen LogP contribution in [0.5, 0.6) is 0 Å². The fourth-order valence-corrected chi connectivity index (χ4v) is 2.64. The standard InChI is InChI=1S/C23H30N4O4/c1-23(2,3)27-22(30)17-6-5-7-19(14-17)25-15-20(28)26-18-10-8-16(9-11-18)21(29)24-12-13-31-4/h5-11,14,25H,12-13,15H2,1-4H3,(H,24,29)(H,26,28)(H,27,30). The largest absolute Gasteiger partial charge is 0.383 e. The number of methoxy groups -OCH3 is 1. The van der Waals surface area contributed by atoms with Crippen LogP contribution in [0.4, 0.5) is 11.4 Å². The molecule has 0 unspecified atom stereocenters. The lowest BCUT2D eigenvalue weighted by molar-refractivity contribution is -0.114. The molecule has 0 saturated heterocycles. The third kappa shape index (κ3) is 8.47. The van der Waals surface area contributed by atoms with Crippen LogP contribution in [0.1, 0.15) is 41.5 Å². The maximum atomic E-state index is 12.3. The van der Waals surface area contributed by atoms with Crippen molar-refractivity contribution in [3.8, 4) is 0 Å². The minimum Gasteiger partial charge on any atom is -0.383 e.